The van der Waals surface area contributed by atoms with E-state index in [2.05, 4.69) is 10.3 Å². The van der Waals surface area contributed by atoms with Crippen molar-refractivity contribution in [1.29, 1.82) is 0 Å². The number of hydrogen-bond donors (Lipinski definition) is 2. The van der Waals surface area contributed by atoms with Crippen LogP contribution >= 0.6 is 0 Å². The Hall–Kier alpha value is -2.82. The molecule has 2 aromatic rings. The lowest BCUT2D eigenvalue weighted by Crippen LogP contribution is -2.40. The molecule has 0 bridgehead atoms. The maximum atomic E-state index is 12.6. The third kappa shape index (κ3) is 2.30. The summed E-state index contributed by atoms with van der Waals surface area (Å²) in [5.41, 5.74) is 6.40. The SMILES string of the molecule is COc1ccccc1C[C@@]1(c2ccccc2)N=C(N)NC1=O. The van der Waals surface area contributed by atoms with E-state index in [4.69, 9.17) is 10.5 Å². The molecule has 0 fully saturated rings. The van der Waals surface area contributed by atoms with Gasteiger partial charge < -0.3 is 10.5 Å². The lowest BCUT2D eigenvalue weighted by molar-refractivity contribution is -0.124. The summed E-state index contributed by atoms with van der Waals surface area (Å²) in [5.74, 6) is 0.650. The largest absolute Gasteiger partial charge is 0.496 e. The number of aliphatic imine (C=N–C) groups is 1. The fourth-order valence-electron chi connectivity index (χ4n) is 2.76. The lowest BCUT2D eigenvalue weighted by atomic mass is 9.84. The number of carbonyl (C=O) groups excluding carboxylic acids is 1. The zero-order valence-corrected chi connectivity index (χ0v) is 12.2. The Labute approximate surface area is 128 Å². The van der Waals surface area contributed by atoms with Crippen LogP contribution in [0.1, 0.15) is 11.1 Å². The van der Waals surface area contributed by atoms with E-state index < -0.39 is 5.54 Å². The standard InChI is InChI=1S/C17H17N3O2/c1-22-14-10-6-5-7-12(14)11-17(13-8-3-2-4-9-13)15(21)19-16(18)20-17/h2-10H,11H2,1H3,(H3,18,19,20,21)/t17-/m0/s1. The predicted octanol–water partition coefficient (Wildman–Crippen LogP) is 1.58. The fourth-order valence-corrected chi connectivity index (χ4v) is 2.76. The molecule has 3 N–H and O–H groups in total. The first-order chi connectivity index (χ1) is 10.7. The summed E-state index contributed by atoms with van der Waals surface area (Å²) in [5, 5.41) is 2.61. The summed E-state index contributed by atoms with van der Waals surface area (Å²) >= 11 is 0. The van der Waals surface area contributed by atoms with E-state index in [0.717, 1.165) is 16.9 Å². The van der Waals surface area contributed by atoms with Crippen molar-refractivity contribution in [2.75, 3.05) is 7.11 Å². The third-order valence-corrected chi connectivity index (χ3v) is 3.82. The molecular weight excluding hydrogens is 278 g/mol. The smallest absolute Gasteiger partial charge is 0.259 e. The molecule has 0 aliphatic carbocycles. The summed E-state index contributed by atoms with van der Waals surface area (Å²) in [6.45, 7) is 0. The van der Waals surface area contributed by atoms with Crippen LogP contribution in [0.3, 0.4) is 0 Å². The minimum Gasteiger partial charge on any atom is -0.496 e. The van der Waals surface area contributed by atoms with Crippen LogP contribution in [0.2, 0.25) is 0 Å². The van der Waals surface area contributed by atoms with Gasteiger partial charge in [-0.25, -0.2) is 4.99 Å². The third-order valence-electron chi connectivity index (χ3n) is 3.82. The van der Waals surface area contributed by atoms with Crippen molar-refractivity contribution in [3.05, 3.63) is 65.7 Å². The van der Waals surface area contributed by atoms with Crippen molar-refractivity contribution in [2.45, 2.75) is 12.0 Å². The number of ether oxygens (including phenoxy) is 1. The van der Waals surface area contributed by atoms with Gasteiger partial charge in [0.05, 0.1) is 7.11 Å². The second-order valence-electron chi connectivity index (χ2n) is 5.17. The summed E-state index contributed by atoms with van der Waals surface area (Å²) in [6, 6.07) is 17.1. The number of rotatable bonds is 4. The van der Waals surface area contributed by atoms with Crippen molar-refractivity contribution in [3.63, 3.8) is 0 Å². The van der Waals surface area contributed by atoms with Crippen molar-refractivity contribution in [3.8, 4) is 5.75 Å². The molecule has 0 unspecified atom stereocenters. The summed E-state index contributed by atoms with van der Waals surface area (Å²) in [4.78, 5) is 17.0. The van der Waals surface area contributed by atoms with Crippen LogP contribution in [0.4, 0.5) is 0 Å². The molecule has 0 aromatic heterocycles. The average molecular weight is 295 g/mol. The second kappa shape index (κ2) is 5.52. The van der Waals surface area contributed by atoms with Crippen LogP contribution in [-0.4, -0.2) is 19.0 Å². The van der Waals surface area contributed by atoms with Gasteiger partial charge in [-0.15, -0.1) is 0 Å². The zero-order valence-electron chi connectivity index (χ0n) is 12.2. The molecule has 5 nitrogen and oxygen atoms in total. The van der Waals surface area contributed by atoms with E-state index in [-0.39, 0.29) is 11.9 Å². The zero-order chi connectivity index (χ0) is 15.6. The normalized spacial score (nSPS) is 20.4. The molecule has 1 heterocycles. The Morgan fingerprint density at radius 1 is 1.14 bits per heavy atom. The maximum Gasteiger partial charge on any atom is 0.259 e. The summed E-state index contributed by atoms with van der Waals surface area (Å²) in [7, 11) is 1.61. The highest BCUT2D eigenvalue weighted by Crippen LogP contribution is 2.35. The van der Waals surface area contributed by atoms with Crippen LogP contribution in [0.5, 0.6) is 5.75 Å². The highest BCUT2D eigenvalue weighted by molar-refractivity contribution is 6.07. The molecule has 1 amide bonds. The van der Waals surface area contributed by atoms with E-state index in [9.17, 15) is 4.79 Å². The highest BCUT2D eigenvalue weighted by atomic mass is 16.5. The number of benzene rings is 2. The van der Waals surface area contributed by atoms with Gasteiger partial charge in [-0.05, 0) is 17.2 Å². The molecule has 1 aliphatic heterocycles. The molecular formula is C17H17N3O2. The molecule has 22 heavy (non-hydrogen) atoms. The van der Waals surface area contributed by atoms with Crippen molar-refractivity contribution in [2.24, 2.45) is 10.7 Å². The first-order valence-corrected chi connectivity index (χ1v) is 7.00. The summed E-state index contributed by atoms with van der Waals surface area (Å²) < 4.78 is 5.39. The molecule has 0 saturated carbocycles. The number of nitrogens with one attached hydrogen (secondary N) is 1. The fraction of sp³-hybridized carbons (Fsp3) is 0.176. The minimum absolute atomic E-state index is 0.142. The minimum atomic E-state index is -1.06. The summed E-state index contributed by atoms with van der Waals surface area (Å²) in [6.07, 6.45) is 0.383. The van der Waals surface area contributed by atoms with Gasteiger partial charge in [0.1, 0.15) is 5.75 Å². The van der Waals surface area contributed by atoms with Gasteiger partial charge in [0.15, 0.2) is 11.5 Å². The van der Waals surface area contributed by atoms with Crippen LogP contribution < -0.4 is 15.8 Å². The van der Waals surface area contributed by atoms with Crippen molar-refractivity contribution >= 4 is 11.9 Å². The van der Waals surface area contributed by atoms with Gasteiger partial charge >= 0.3 is 0 Å². The maximum absolute atomic E-state index is 12.6. The van der Waals surface area contributed by atoms with Gasteiger partial charge in [-0.3, -0.25) is 10.1 Å². The van der Waals surface area contributed by atoms with E-state index in [1.807, 2.05) is 54.6 Å². The molecule has 0 saturated heterocycles. The van der Waals surface area contributed by atoms with Gasteiger partial charge in [0.2, 0.25) is 0 Å². The molecule has 5 heteroatoms. The van der Waals surface area contributed by atoms with Crippen LogP contribution in [0.25, 0.3) is 0 Å². The number of nitrogens with zero attached hydrogens (tertiary/aromatic N) is 1. The monoisotopic (exact) mass is 295 g/mol. The first kappa shape index (κ1) is 14.1. The Morgan fingerprint density at radius 2 is 1.82 bits per heavy atom. The van der Waals surface area contributed by atoms with Crippen LogP contribution in [-0.2, 0) is 16.8 Å². The second-order valence-corrected chi connectivity index (χ2v) is 5.17. The first-order valence-electron chi connectivity index (χ1n) is 7.00. The Morgan fingerprint density at radius 3 is 2.45 bits per heavy atom. The number of amides is 1. The highest BCUT2D eigenvalue weighted by Gasteiger charge is 2.45. The molecule has 1 aliphatic rings. The molecule has 112 valence electrons. The number of guanidine groups is 1. The Balaban J connectivity index is 2.10. The average Bonchev–Trinajstić information content (AvgIpc) is 2.83. The molecule has 0 spiro atoms. The number of methoxy groups -OCH3 is 1. The van der Waals surface area contributed by atoms with Gasteiger partial charge in [-0.2, -0.15) is 0 Å². The van der Waals surface area contributed by atoms with Crippen LogP contribution in [0.15, 0.2) is 59.6 Å². The Bertz CT molecular complexity index is 728. The van der Waals surface area contributed by atoms with Crippen LogP contribution in [0, 0.1) is 0 Å². The number of carbonyl (C=O) groups is 1. The van der Waals surface area contributed by atoms with E-state index in [1.165, 1.54) is 0 Å². The number of nitrogens with two attached hydrogens (primary N) is 1. The lowest BCUT2D eigenvalue weighted by Gasteiger charge is -2.24. The predicted molar refractivity (Wildman–Crippen MR) is 84.6 cm³/mol. The number of para-hydroxylation sites is 1. The number of hydrogen-bond acceptors (Lipinski definition) is 4. The van der Waals surface area contributed by atoms with E-state index >= 15 is 0 Å². The Kier molecular flexibility index (Phi) is 3.55. The molecule has 3 rings (SSSR count). The van der Waals surface area contributed by atoms with Gasteiger partial charge in [0, 0.05) is 6.42 Å². The van der Waals surface area contributed by atoms with Gasteiger partial charge in [0.25, 0.3) is 5.91 Å². The molecule has 2 aromatic carbocycles. The van der Waals surface area contributed by atoms with E-state index in [1.54, 1.807) is 7.11 Å². The van der Waals surface area contributed by atoms with Gasteiger partial charge in [-0.1, -0.05) is 48.5 Å². The van der Waals surface area contributed by atoms with Crippen molar-refractivity contribution in [1.82, 2.24) is 5.32 Å². The van der Waals surface area contributed by atoms with Crippen molar-refractivity contribution < 1.29 is 9.53 Å². The van der Waals surface area contributed by atoms with E-state index in [0.29, 0.717) is 6.42 Å². The quantitative estimate of drug-likeness (QED) is 0.899. The topological polar surface area (TPSA) is 76.7 Å². The molecule has 0 radical (unpaired) electrons. The molecule has 1 atom stereocenters.